The molecule has 51 heavy (non-hydrogen) atoms. The molecule has 4 aliphatic carbocycles. The molecule has 0 saturated heterocycles. The van der Waals surface area contributed by atoms with E-state index >= 15 is 8.78 Å². The van der Waals surface area contributed by atoms with E-state index in [1.165, 1.54) is 12.3 Å². The molecule has 0 spiro atoms. The van der Waals surface area contributed by atoms with Crippen LogP contribution in [0.4, 0.5) is 8.78 Å². The lowest BCUT2D eigenvalue weighted by Crippen LogP contribution is -2.44. The van der Waals surface area contributed by atoms with Crippen molar-refractivity contribution in [1.82, 2.24) is 19.5 Å². The molecule has 3 aromatic carbocycles. The molecule has 0 aliphatic heterocycles. The van der Waals surface area contributed by atoms with Crippen LogP contribution in [0.3, 0.4) is 0 Å². The zero-order valence-electron chi connectivity index (χ0n) is 28.7. The second-order valence-corrected chi connectivity index (χ2v) is 14.9. The van der Waals surface area contributed by atoms with Crippen LogP contribution < -0.4 is 0 Å². The van der Waals surface area contributed by atoms with Gasteiger partial charge in [-0.05, 0) is 92.4 Å². The van der Waals surface area contributed by atoms with E-state index in [-0.39, 0.29) is 29.4 Å². The largest absolute Gasteiger partial charge is 0.313 e. The molecule has 4 saturated carbocycles. The van der Waals surface area contributed by atoms with Crippen molar-refractivity contribution in [2.45, 2.75) is 63.3 Å². The molecule has 0 N–H and O–H groups in total. The van der Waals surface area contributed by atoms with Crippen LogP contribution in [0.2, 0.25) is 0 Å². The van der Waals surface area contributed by atoms with Crippen LogP contribution in [0.5, 0.6) is 0 Å². The van der Waals surface area contributed by atoms with Gasteiger partial charge in [-0.3, -0.25) is 4.79 Å². The van der Waals surface area contributed by atoms with Gasteiger partial charge in [-0.15, -0.1) is 0 Å². The molecule has 3 aromatic heterocycles. The molecule has 0 unspecified atom stereocenters. The summed E-state index contributed by atoms with van der Waals surface area (Å²) in [5, 5.41) is 0.555. The highest BCUT2D eigenvalue weighted by Crippen LogP contribution is 2.51. The van der Waals surface area contributed by atoms with Crippen molar-refractivity contribution < 1.29 is 13.6 Å². The predicted molar refractivity (Wildman–Crippen MR) is 194 cm³/mol. The normalized spacial score (nSPS) is 21.6. The van der Waals surface area contributed by atoms with Gasteiger partial charge in [0.2, 0.25) is 0 Å². The SMILES string of the molecule is CC(=O)[C@H]1C2CCC(CC2)[C@@H]1Cc1nc(-c2cn(C(c3ccccc3)(c3ccccc3)c3ccccc3)c3ncc(F)cc23)nc(C2CC2)c1F. The molecule has 0 amide bonds. The Morgan fingerprint density at radius 1 is 0.784 bits per heavy atom. The summed E-state index contributed by atoms with van der Waals surface area (Å²) in [6.45, 7) is 1.70. The molecular formula is C44H40F2N4O. The Kier molecular flexibility index (Phi) is 7.90. The van der Waals surface area contributed by atoms with Gasteiger partial charge in [-0.25, -0.2) is 23.7 Å². The van der Waals surface area contributed by atoms with Crippen LogP contribution in [-0.2, 0) is 16.8 Å². The minimum Gasteiger partial charge on any atom is -0.313 e. The number of ketones is 1. The summed E-state index contributed by atoms with van der Waals surface area (Å²) in [6.07, 6.45) is 9.67. The van der Waals surface area contributed by atoms with Crippen molar-refractivity contribution >= 4 is 16.8 Å². The number of benzene rings is 3. The maximum absolute atomic E-state index is 16.5. The molecule has 2 bridgehead atoms. The fourth-order valence-corrected chi connectivity index (χ4v) is 9.59. The zero-order valence-corrected chi connectivity index (χ0v) is 28.7. The van der Waals surface area contributed by atoms with E-state index in [0.29, 0.717) is 52.1 Å². The second kappa shape index (κ2) is 12.6. The standard InChI is InChI=1S/C44H40F2N4O/c1-27(51)39-29-19-17-28(18-20-29)35(39)24-38-40(46)41(30-21-22-30)49-42(48-38)37-26-50(43-36(37)23-34(45)25-47-43)44(31-11-5-2-6-12-31,32-13-7-3-8-14-32)33-15-9-4-10-16-33/h2-16,23,25-26,28-30,35,39H,17-22,24H2,1H3/t28?,29?,35-,39-/m0/s1. The Labute approximate surface area is 296 Å². The first-order valence-corrected chi connectivity index (χ1v) is 18.3. The van der Waals surface area contributed by atoms with Crippen LogP contribution in [-0.4, -0.2) is 25.3 Å². The summed E-state index contributed by atoms with van der Waals surface area (Å²) >= 11 is 0. The second-order valence-electron chi connectivity index (χ2n) is 14.9. The number of hydrogen-bond donors (Lipinski definition) is 0. The van der Waals surface area contributed by atoms with Crippen molar-refractivity contribution in [3.05, 3.63) is 149 Å². The summed E-state index contributed by atoms with van der Waals surface area (Å²) in [5.41, 5.74) is 4.05. The van der Waals surface area contributed by atoms with Gasteiger partial charge < -0.3 is 4.57 Å². The summed E-state index contributed by atoms with van der Waals surface area (Å²) in [7, 11) is 0. The average Bonchev–Trinajstić information content (AvgIpc) is 3.95. The highest BCUT2D eigenvalue weighted by atomic mass is 19.1. The minimum absolute atomic E-state index is 0.0252. The number of aromatic nitrogens is 4. The lowest BCUT2D eigenvalue weighted by molar-refractivity contribution is -0.130. The Morgan fingerprint density at radius 3 is 1.90 bits per heavy atom. The Balaban J connectivity index is 1.29. The molecule has 3 heterocycles. The Hall–Kier alpha value is -5.04. The number of pyridine rings is 1. The fraction of sp³-hybridized carbons (Fsp3) is 0.318. The third-order valence-electron chi connectivity index (χ3n) is 12.0. The third kappa shape index (κ3) is 5.31. The lowest BCUT2D eigenvalue weighted by atomic mass is 9.56. The van der Waals surface area contributed by atoms with Gasteiger partial charge in [0.05, 0.1) is 17.6 Å². The van der Waals surface area contributed by atoms with Gasteiger partial charge in [-0.2, -0.15) is 0 Å². The van der Waals surface area contributed by atoms with Crippen LogP contribution in [0, 0.1) is 35.3 Å². The number of fused-ring (bicyclic) bond motifs is 4. The van der Waals surface area contributed by atoms with Crippen molar-refractivity contribution in [3.63, 3.8) is 0 Å². The van der Waals surface area contributed by atoms with Crippen molar-refractivity contribution in [3.8, 4) is 11.4 Å². The number of carbonyl (C=O) groups is 1. The molecule has 4 fully saturated rings. The molecule has 256 valence electrons. The number of nitrogens with zero attached hydrogens (tertiary/aromatic N) is 4. The highest BCUT2D eigenvalue weighted by Gasteiger charge is 2.46. The smallest absolute Gasteiger partial charge is 0.166 e. The van der Waals surface area contributed by atoms with Crippen LogP contribution >= 0.6 is 0 Å². The maximum Gasteiger partial charge on any atom is 0.166 e. The molecular weight excluding hydrogens is 639 g/mol. The number of rotatable bonds is 9. The van der Waals surface area contributed by atoms with Gasteiger partial charge in [0, 0.05) is 29.0 Å². The van der Waals surface area contributed by atoms with E-state index in [0.717, 1.165) is 55.2 Å². The third-order valence-corrected chi connectivity index (χ3v) is 12.0. The van der Waals surface area contributed by atoms with E-state index in [9.17, 15) is 4.79 Å². The summed E-state index contributed by atoms with van der Waals surface area (Å²) in [4.78, 5) is 27.7. The minimum atomic E-state index is -0.913. The number of Topliss-reactive ketones (excluding diaryl/α,β-unsaturated/α-hetero) is 1. The van der Waals surface area contributed by atoms with Crippen molar-refractivity contribution in [2.75, 3.05) is 0 Å². The van der Waals surface area contributed by atoms with E-state index in [1.54, 1.807) is 6.92 Å². The monoisotopic (exact) mass is 678 g/mol. The van der Waals surface area contributed by atoms with E-state index < -0.39 is 11.4 Å². The molecule has 6 aromatic rings. The van der Waals surface area contributed by atoms with E-state index in [1.807, 2.05) is 60.8 Å². The first-order valence-electron chi connectivity index (χ1n) is 18.3. The van der Waals surface area contributed by atoms with Crippen molar-refractivity contribution in [2.24, 2.45) is 23.7 Å². The van der Waals surface area contributed by atoms with Gasteiger partial charge in [-0.1, -0.05) is 91.0 Å². The van der Waals surface area contributed by atoms with Gasteiger partial charge in [0.25, 0.3) is 0 Å². The quantitative estimate of drug-likeness (QED) is 0.143. The molecule has 0 radical (unpaired) electrons. The lowest BCUT2D eigenvalue weighted by Gasteiger charge is -2.47. The fourth-order valence-electron chi connectivity index (χ4n) is 9.59. The number of carbonyl (C=O) groups excluding carboxylic acids is 1. The maximum atomic E-state index is 16.5. The Morgan fingerprint density at radius 2 is 1.35 bits per heavy atom. The summed E-state index contributed by atoms with van der Waals surface area (Å²) in [5.74, 6) is 0.516. The summed E-state index contributed by atoms with van der Waals surface area (Å²) < 4.78 is 33.9. The number of halogens is 2. The molecule has 2 atom stereocenters. The van der Waals surface area contributed by atoms with Crippen LogP contribution in [0.15, 0.2) is 109 Å². The van der Waals surface area contributed by atoms with Crippen LogP contribution in [0.1, 0.15) is 79.4 Å². The average molecular weight is 679 g/mol. The van der Waals surface area contributed by atoms with Crippen molar-refractivity contribution in [1.29, 1.82) is 0 Å². The molecule has 10 rings (SSSR count). The first-order chi connectivity index (χ1) is 24.9. The molecule has 7 heteroatoms. The number of hydrogen-bond acceptors (Lipinski definition) is 4. The van der Waals surface area contributed by atoms with E-state index in [4.69, 9.17) is 15.0 Å². The zero-order chi connectivity index (χ0) is 34.7. The summed E-state index contributed by atoms with van der Waals surface area (Å²) in [6, 6.07) is 32.3. The van der Waals surface area contributed by atoms with Gasteiger partial charge >= 0.3 is 0 Å². The van der Waals surface area contributed by atoms with E-state index in [2.05, 4.69) is 41.0 Å². The molecule has 4 aliphatic rings. The first kappa shape index (κ1) is 31.9. The predicted octanol–water partition coefficient (Wildman–Crippen LogP) is 9.67. The van der Waals surface area contributed by atoms with Crippen LogP contribution in [0.25, 0.3) is 22.4 Å². The van der Waals surface area contributed by atoms with Gasteiger partial charge in [0.1, 0.15) is 22.8 Å². The topological polar surface area (TPSA) is 60.7 Å². The highest BCUT2D eigenvalue weighted by molar-refractivity contribution is 5.93. The molecule has 5 nitrogen and oxygen atoms in total. The van der Waals surface area contributed by atoms with Gasteiger partial charge in [0.15, 0.2) is 11.6 Å². The Bertz CT molecular complexity index is 2130.